The maximum Gasteiger partial charge on any atom is 0.214 e. The molecule has 4 heteroatoms. The van der Waals surface area contributed by atoms with Crippen LogP contribution in [0.15, 0.2) is 18.3 Å². The van der Waals surface area contributed by atoms with Crippen molar-refractivity contribution in [2.45, 2.75) is 0 Å². The molecule has 0 amide bonds. The summed E-state index contributed by atoms with van der Waals surface area (Å²) in [5.41, 5.74) is 1.24. The fourth-order valence-electron chi connectivity index (χ4n) is 2.77. The van der Waals surface area contributed by atoms with Crippen LogP contribution < -0.4 is 15.0 Å². The van der Waals surface area contributed by atoms with Gasteiger partial charge < -0.3 is 15.0 Å². The highest BCUT2D eigenvalue weighted by molar-refractivity contribution is 5.49. The Bertz CT molecular complexity index is 370. The summed E-state index contributed by atoms with van der Waals surface area (Å²) in [6, 6.07) is 4.09. The van der Waals surface area contributed by atoms with Crippen molar-refractivity contribution in [3.63, 3.8) is 0 Å². The number of rotatable bonds is 2. The molecule has 3 heterocycles. The van der Waals surface area contributed by atoms with E-state index >= 15 is 0 Å². The number of nitrogens with zero attached hydrogens (tertiary/aromatic N) is 2. The Kier molecular flexibility index (Phi) is 2.44. The predicted octanol–water partition coefficient (Wildman–Crippen LogP) is 0.746. The fourth-order valence-corrected chi connectivity index (χ4v) is 2.77. The maximum atomic E-state index is 5.16. The van der Waals surface area contributed by atoms with Crippen LogP contribution in [-0.2, 0) is 0 Å². The molecule has 16 heavy (non-hydrogen) atoms. The van der Waals surface area contributed by atoms with Gasteiger partial charge in [0.15, 0.2) is 0 Å². The van der Waals surface area contributed by atoms with Crippen LogP contribution in [0.2, 0.25) is 0 Å². The number of pyridine rings is 1. The molecule has 4 nitrogen and oxygen atoms in total. The lowest BCUT2D eigenvalue weighted by Crippen LogP contribution is -2.25. The zero-order valence-corrected chi connectivity index (χ0v) is 9.52. The van der Waals surface area contributed by atoms with Crippen LogP contribution in [0.25, 0.3) is 0 Å². The number of fused-ring (bicyclic) bond motifs is 1. The lowest BCUT2D eigenvalue weighted by molar-refractivity contribution is 0.398. The first kappa shape index (κ1) is 9.90. The van der Waals surface area contributed by atoms with Gasteiger partial charge in [-0.25, -0.2) is 4.98 Å². The summed E-state index contributed by atoms with van der Waals surface area (Å²) < 4.78 is 5.16. The summed E-state index contributed by atoms with van der Waals surface area (Å²) in [4.78, 5) is 6.59. The van der Waals surface area contributed by atoms with Crippen molar-refractivity contribution in [3.8, 4) is 5.88 Å². The molecule has 1 aromatic rings. The predicted molar refractivity (Wildman–Crippen MR) is 62.9 cm³/mol. The number of aromatic nitrogens is 1. The largest absolute Gasteiger partial charge is 0.481 e. The van der Waals surface area contributed by atoms with Crippen LogP contribution in [0.1, 0.15) is 0 Å². The summed E-state index contributed by atoms with van der Waals surface area (Å²) in [7, 11) is 1.66. The third-order valence-electron chi connectivity index (χ3n) is 3.68. The minimum Gasteiger partial charge on any atom is -0.481 e. The molecule has 0 aromatic carbocycles. The number of hydrogen-bond donors (Lipinski definition) is 1. The van der Waals surface area contributed by atoms with Gasteiger partial charge in [-0.05, 0) is 17.9 Å². The molecule has 0 saturated carbocycles. The lowest BCUT2D eigenvalue weighted by Gasteiger charge is -2.19. The van der Waals surface area contributed by atoms with Crippen molar-refractivity contribution in [3.05, 3.63) is 18.3 Å². The van der Waals surface area contributed by atoms with Gasteiger partial charge in [0.05, 0.1) is 7.11 Å². The van der Waals surface area contributed by atoms with E-state index in [2.05, 4.69) is 21.3 Å². The number of nitrogens with one attached hydrogen (secondary N) is 1. The summed E-state index contributed by atoms with van der Waals surface area (Å²) in [5, 5.41) is 3.46. The summed E-state index contributed by atoms with van der Waals surface area (Å²) in [6.45, 7) is 4.66. The van der Waals surface area contributed by atoms with Gasteiger partial charge in [0.25, 0.3) is 0 Å². The highest BCUT2D eigenvalue weighted by Crippen LogP contribution is 2.31. The molecular formula is C12H17N3O. The SMILES string of the molecule is COc1cc(N2C[C@H]3CNC[C@H]3C2)ccn1. The second-order valence-corrected chi connectivity index (χ2v) is 4.64. The Morgan fingerprint density at radius 3 is 2.81 bits per heavy atom. The summed E-state index contributed by atoms with van der Waals surface area (Å²) in [6.07, 6.45) is 1.82. The second kappa shape index (κ2) is 3.94. The van der Waals surface area contributed by atoms with Crippen molar-refractivity contribution >= 4 is 5.69 Å². The molecule has 86 valence electrons. The maximum absolute atomic E-state index is 5.16. The molecule has 2 fully saturated rings. The first-order valence-electron chi connectivity index (χ1n) is 5.82. The normalized spacial score (nSPS) is 28.2. The van der Waals surface area contributed by atoms with Crippen LogP contribution >= 0.6 is 0 Å². The molecule has 2 aliphatic heterocycles. The van der Waals surface area contributed by atoms with E-state index in [1.54, 1.807) is 7.11 Å². The average Bonchev–Trinajstić information content (AvgIpc) is 2.89. The zero-order valence-electron chi connectivity index (χ0n) is 9.52. The molecule has 1 aromatic heterocycles. The summed E-state index contributed by atoms with van der Waals surface area (Å²) >= 11 is 0. The van der Waals surface area contributed by atoms with Gasteiger partial charge in [-0.3, -0.25) is 0 Å². The third kappa shape index (κ3) is 1.63. The highest BCUT2D eigenvalue weighted by Gasteiger charge is 2.36. The van der Waals surface area contributed by atoms with E-state index in [4.69, 9.17) is 4.74 Å². The van der Waals surface area contributed by atoms with Crippen molar-refractivity contribution in [2.24, 2.45) is 11.8 Å². The minimum atomic E-state index is 0.702. The topological polar surface area (TPSA) is 37.4 Å². The van der Waals surface area contributed by atoms with E-state index in [0.717, 1.165) is 24.9 Å². The van der Waals surface area contributed by atoms with E-state index in [1.807, 2.05) is 12.3 Å². The first-order valence-corrected chi connectivity index (χ1v) is 5.82. The highest BCUT2D eigenvalue weighted by atomic mass is 16.5. The van der Waals surface area contributed by atoms with E-state index < -0.39 is 0 Å². The molecule has 0 radical (unpaired) electrons. The van der Waals surface area contributed by atoms with E-state index in [-0.39, 0.29) is 0 Å². The molecule has 2 atom stereocenters. The van der Waals surface area contributed by atoms with E-state index in [9.17, 15) is 0 Å². The zero-order chi connectivity index (χ0) is 11.0. The van der Waals surface area contributed by atoms with Gasteiger partial charge in [0.1, 0.15) is 0 Å². The molecule has 0 unspecified atom stereocenters. The van der Waals surface area contributed by atoms with Gasteiger partial charge in [-0.1, -0.05) is 0 Å². The van der Waals surface area contributed by atoms with Crippen LogP contribution in [-0.4, -0.2) is 38.3 Å². The van der Waals surface area contributed by atoms with Crippen LogP contribution in [0.5, 0.6) is 5.88 Å². The van der Waals surface area contributed by atoms with Crippen molar-refractivity contribution in [1.29, 1.82) is 0 Å². The van der Waals surface area contributed by atoms with Crippen LogP contribution in [0, 0.1) is 11.8 Å². The third-order valence-corrected chi connectivity index (χ3v) is 3.68. The molecule has 0 bridgehead atoms. The number of ether oxygens (including phenoxy) is 1. The number of hydrogen-bond acceptors (Lipinski definition) is 4. The molecule has 2 saturated heterocycles. The summed E-state index contributed by atoms with van der Waals surface area (Å²) in [5.74, 6) is 2.34. The molecule has 1 N–H and O–H groups in total. The second-order valence-electron chi connectivity index (χ2n) is 4.64. The number of anilines is 1. The van der Waals surface area contributed by atoms with Gasteiger partial charge in [0.2, 0.25) is 5.88 Å². The van der Waals surface area contributed by atoms with E-state index in [0.29, 0.717) is 5.88 Å². The quantitative estimate of drug-likeness (QED) is 0.796. The first-order chi connectivity index (χ1) is 7.86. The van der Waals surface area contributed by atoms with Gasteiger partial charge in [0, 0.05) is 44.1 Å². The minimum absolute atomic E-state index is 0.702. The van der Waals surface area contributed by atoms with Crippen molar-refractivity contribution < 1.29 is 4.74 Å². The van der Waals surface area contributed by atoms with Gasteiger partial charge >= 0.3 is 0 Å². The van der Waals surface area contributed by atoms with Crippen LogP contribution in [0.4, 0.5) is 5.69 Å². The Morgan fingerprint density at radius 1 is 1.38 bits per heavy atom. The standard InChI is InChI=1S/C12H17N3O/c1-16-12-4-11(2-3-14-12)15-7-9-5-13-6-10(9)8-15/h2-4,9-10,13H,5-8H2,1H3/t9-,10+. The molecule has 0 spiro atoms. The van der Waals surface area contributed by atoms with E-state index in [1.165, 1.54) is 18.8 Å². The molecule has 2 aliphatic rings. The van der Waals surface area contributed by atoms with Crippen molar-refractivity contribution in [2.75, 3.05) is 38.2 Å². The molecule has 3 rings (SSSR count). The Morgan fingerprint density at radius 2 is 2.12 bits per heavy atom. The fraction of sp³-hybridized carbons (Fsp3) is 0.583. The lowest BCUT2D eigenvalue weighted by atomic mass is 10.0. The Balaban J connectivity index is 1.78. The Labute approximate surface area is 95.6 Å². The van der Waals surface area contributed by atoms with Crippen LogP contribution in [0.3, 0.4) is 0 Å². The molecular weight excluding hydrogens is 202 g/mol. The Hall–Kier alpha value is -1.29. The average molecular weight is 219 g/mol. The van der Waals surface area contributed by atoms with Gasteiger partial charge in [-0.2, -0.15) is 0 Å². The smallest absolute Gasteiger partial charge is 0.214 e. The molecule has 0 aliphatic carbocycles. The monoisotopic (exact) mass is 219 g/mol. The van der Waals surface area contributed by atoms with Crippen molar-refractivity contribution in [1.82, 2.24) is 10.3 Å². The van der Waals surface area contributed by atoms with Gasteiger partial charge in [-0.15, -0.1) is 0 Å². The number of methoxy groups -OCH3 is 1.